The minimum Gasteiger partial charge on any atom is -0.298 e. The molecular formula is C9H11BrN2S. The second kappa shape index (κ2) is 4.75. The maximum atomic E-state index is 8.89. The highest BCUT2D eigenvalue weighted by Crippen LogP contribution is 2.30. The van der Waals surface area contributed by atoms with Crippen LogP contribution < -0.4 is 5.32 Å². The van der Waals surface area contributed by atoms with Crippen LogP contribution in [-0.4, -0.2) is 6.54 Å². The SMILES string of the molecule is CCNC(C#N)c1cc(Br)c(C)s1. The molecule has 0 spiro atoms. The van der Waals surface area contributed by atoms with E-state index in [0.29, 0.717) is 0 Å². The largest absolute Gasteiger partial charge is 0.298 e. The average molecular weight is 259 g/mol. The summed E-state index contributed by atoms with van der Waals surface area (Å²) >= 11 is 5.09. The molecule has 1 heterocycles. The Morgan fingerprint density at radius 3 is 2.85 bits per heavy atom. The van der Waals surface area contributed by atoms with Crippen LogP contribution in [0.3, 0.4) is 0 Å². The summed E-state index contributed by atoms with van der Waals surface area (Å²) in [5, 5.41) is 12.0. The van der Waals surface area contributed by atoms with E-state index in [4.69, 9.17) is 5.26 Å². The lowest BCUT2D eigenvalue weighted by Crippen LogP contribution is -2.17. The lowest BCUT2D eigenvalue weighted by atomic mass is 10.2. The number of nitrogens with zero attached hydrogens (tertiary/aromatic N) is 1. The summed E-state index contributed by atoms with van der Waals surface area (Å²) in [6.45, 7) is 4.85. The molecule has 2 nitrogen and oxygen atoms in total. The van der Waals surface area contributed by atoms with E-state index in [-0.39, 0.29) is 6.04 Å². The third kappa shape index (κ3) is 2.53. The smallest absolute Gasteiger partial charge is 0.130 e. The molecule has 1 unspecified atom stereocenters. The summed E-state index contributed by atoms with van der Waals surface area (Å²) in [6.07, 6.45) is 0. The van der Waals surface area contributed by atoms with Crippen molar-refractivity contribution in [3.05, 3.63) is 20.3 Å². The van der Waals surface area contributed by atoms with E-state index < -0.39 is 0 Å². The fourth-order valence-electron chi connectivity index (χ4n) is 1.04. The molecule has 0 amide bonds. The number of rotatable bonds is 3. The van der Waals surface area contributed by atoms with E-state index in [1.807, 2.05) is 19.9 Å². The van der Waals surface area contributed by atoms with Gasteiger partial charge in [0, 0.05) is 14.2 Å². The van der Waals surface area contributed by atoms with Crippen LogP contribution in [0.5, 0.6) is 0 Å². The van der Waals surface area contributed by atoms with Gasteiger partial charge < -0.3 is 0 Å². The van der Waals surface area contributed by atoms with Crippen LogP contribution in [0.1, 0.15) is 22.7 Å². The Bertz CT molecular complexity index is 307. The van der Waals surface area contributed by atoms with Crippen molar-refractivity contribution in [2.75, 3.05) is 6.54 Å². The molecule has 0 aliphatic carbocycles. The van der Waals surface area contributed by atoms with Crippen LogP contribution in [0.25, 0.3) is 0 Å². The van der Waals surface area contributed by atoms with Gasteiger partial charge in [0.25, 0.3) is 0 Å². The van der Waals surface area contributed by atoms with E-state index in [1.165, 1.54) is 4.88 Å². The van der Waals surface area contributed by atoms with Crippen LogP contribution in [0.2, 0.25) is 0 Å². The van der Waals surface area contributed by atoms with Crippen LogP contribution >= 0.6 is 27.3 Å². The maximum absolute atomic E-state index is 8.89. The van der Waals surface area contributed by atoms with E-state index >= 15 is 0 Å². The number of hydrogen-bond acceptors (Lipinski definition) is 3. The van der Waals surface area contributed by atoms with Gasteiger partial charge in [0.1, 0.15) is 6.04 Å². The number of thiophene rings is 1. The molecule has 1 aromatic heterocycles. The lowest BCUT2D eigenvalue weighted by molar-refractivity contribution is 0.667. The van der Waals surface area contributed by atoms with Crippen molar-refractivity contribution < 1.29 is 0 Å². The zero-order chi connectivity index (χ0) is 9.84. The Morgan fingerprint density at radius 1 is 1.77 bits per heavy atom. The molecule has 1 aromatic rings. The molecule has 70 valence electrons. The Hall–Kier alpha value is -0.370. The molecule has 1 N–H and O–H groups in total. The molecule has 4 heteroatoms. The Morgan fingerprint density at radius 2 is 2.46 bits per heavy atom. The number of aryl methyl sites for hydroxylation is 1. The molecule has 0 saturated heterocycles. The fraction of sp³-hybridized carbons (Fsp3) is 0.444. The predicted octanol–water partition coefficient (Wildman–Crippen LogP) is 2.99. The summed E-state index contributed by atoms with van der Waals surface area (Å²) in [7, 11) is 0. The van der Waals surface area contributed by atoms with Crippen molar-refractivity contribution in [2.45, 2.75) is 19.9 Å². The minimum atomic E-state index is -0.167. The van der Waals surface area contributed by atoms with E-state index in [9.17, 15) is 0 Å². The first-order valence-electron chi connectivity index (χ1n) is 4.07. The summed E-state index contributed by atoms with van der Waals surface area (Å²) in [4.78, 5) is 2.29. The van der Waals surface area contributed by atoms with Gasteiger partial charge in [-0.3, -0.25) is 5.32 Å². The molecule has 0 aromatic carbocycles. The van der Waals surface area contributed by atoms with Gasteiger partial charge in [-0.2, -0.15) is 5.26 Å². The Labute approximate surface area is 90.7 Å². The summed E-state index contributed by atoms with van der Waals surface area (Å²) < 4.78 is 1.09. The number of hydrogen-bond donors (Lipinski definition) is 1. The second-order valence-corrected chi connectivity index (χ2v) is 4.81. The molecule has 1 rings (SSSR count). The third-order valence-electron chi connectivity index (χ3n) is 1.70. The van der Waals surface area contributed by atoms with Crippen molar-refractivity contribution in [1.82, 2.24) is 5.32 Å². The molecular weight excluding hydrogens is 248 g/mol. The van der Waals surface area contributed by atoms with Gasteiger partial charge in [-0.15, -0.1) is 11.3 Å². The zero-order valence-electron chi connectivity index (χ0n) is 7.60. The van der Waals surface area contributed by atoms with Crippen molar-refractivity contribution >= 4 is 27.3 Å². The fourth-order valence-corrected chi connectivity index (χ4v) is 2.62. The average Bonchev–Trinajstić information content (AvgIpc) is 2.43. The molecule has 0 fully saturated rings. The van der Waals surface area contributed by atoms with Crippen molar-refractivity contribution in [2.24, 2.45) is 0 Å². The van der Waals surface area contributed by atoms with Gasteiger partial charge in [0.2, 0.25) is 0 Å². The standard InChI is InChI=1S/C9H11BrN2S/c1-3-12-8(5-11)9-4-7(10)6(2)13-9/h4,8,12H,3H2,1-2H3. The monoisotopic (exact) mass is 258 g/mol. The van der Waals surface area contributed by atoms with Gasteiger partial charge >= 0.3 is 0 Å². The number of nitrogens with one attached hydrogen (secondary N) is 1. The second-order valence-electron chi connectivity index (χ2n) is 2.67. The highest BCUT2D eigenvalue weighted by atomic mass is 79.9. The quantitative estimate of drug-likeness (QED) is 0.905. The predicted molar refractivity (Wildman–Crippen MR) is 58.8 cm³/mol. The van der Waals surface area contributed by atoms with E-state index in [1.54, 1.807) is 11.3 Å². The maximum Gasteiger partial charge on any atom is 0.130 e. The first-order chi connectivity index (χ1) is 6.19. The van der Waals surface area contributed by atoms with Gasteiger partial charge in [-0.1, -0.05) is 6.92 Å². The van der Waals surface area contributed by atoms with Gasteiger partial charge in [-0.05, 0) is 35.5 Å². The molecule has 13 heavy (non-hydrogen) atoms. The van der Waals surface area contributed by atoms with Crippen molar-refractivity contribution in [1.29, 1.82) is 5.26 Å². The zero-order valence-corrected chi connectivity index (χ0v) is 10.00. The molecule has 0 radical (unpaired) electrons. The first kappa shape index (κ1) is 10.7. The Kier molecular flexibility index (Phi) is 3.91. The summed E-state index contributed by atoms with van der Waals surface area (Å²) in [5.74, 6) is 0. The van der Waals surface area contributed by atoms with Crippen molar-refractivity contribution in [3.8, 4) is 6.07 Å². The highest BCUT2D eigenvalue weighted by Gasteiger charge is 2.12. The minimum absolute atomic E-state index is 0.167. The molecule has 0 saturated carbocycles. The molecule has 0 aliphatic heterocycles. The third-order valence-corrected chi connectivity index (χ3v) is 3.90. The highest BCUT2D eigenvalue weighted by molar-refractivity contribution is 9.10. The van der Waals surface area contributed by atoms with Crippen molar-refractivity contribution in [3.63, 3.8) is 0 Å². The first-order valence-corrected chi connectivity index (χ1v) is 5.68. The van der Waals surface area contributed by atoms with Crippen LogP contribution in [0.15, 0.2) is 10.5 Å². The number of nitriles is 1. The molecule has 0 aliphatic rings. The Balaban J connectivity index is 2.87. The summed E-state index contributed by atoms with van der Waals surface area (Å²) in [5.41, 5.74) is 0. The lowest BCUT2D eigenvalue weighted by Gasteiger charge is -2.05. The van der Waals surface area contributed by atoms with Crippen LogP contribution in [0.4, 0.5) is 0 Å². The van der Waals surface area contributed by atoms with Gasteiger partial charge in [-0.25, -0.2) is 0 Å². The van der Waals surface area contributed by atoms with E-state index in [0.717, 1.165) is 15.9 Å². The van der Waals surface area contributed by atoms with Crippen LogP contribution in [0, 0.1) is 18.3 Å². The molecule has 0 bridgehead atoms. The molecule has 1 atom stereocenters. The van der Waals surface area contributed by atoms with Gasteiger partial charge in [0.15, 0.2) is 0 Å². The van der Waals surface area contributed by atoms with Gasteiger partial charge in [0.05, 0.1) is 6.07 Å². The van der Waals surface area contributed by atoms with E-state index in [2.05, 4.69) is 27.3 Å². The number of halogens is 1. The summed E-state index contributed by atoms with van der Waals surface area (Å²) in [6, 6.07) is 4.08. The van der Waals surface area contributed by atoms with Crippen LogP contribution in [-0.2, 0) is 0 Å². The normalized spacial score (nSPS) is 12.5. The topological polar surface area (TPSA) is 35.8 Å².